The number of para-hydroxylation sites is 3. The van der Waals surface area contributed by atoms with Crippen molar-refractivity contribution >= 4 is 29.2 Å². The summed E-state index contributed by atoms with van der Waals surface area (Å²) >= 11 is 0. The predicted octanol–water partition coefficient (Wildman–Crippen LogP) is 2.86. The fourth-order valence-electron chi connectivity index (χ4n) is 2.54. The second-order valence-electron chi connectivity index (χ2n) is 5.59. The summed E-state index contributed by atoms with van der Waals surface area (Å²) < 4.78 is 10.2. The molecule has 0 aliphatic rings. The molecule has 2 amide bonds. The van der Waals surface area contributed by atoms with E-state index in [4.69, 9.17) is 9.47 Å². The number of nitrogens with one attached hydrogen (secondary N) is 1. The summed E-state index contributed by atoms with van der Waals surface area (Å²) in [6, 6.07) is 13.5. The Kier molecular flexibility index (Phi) is 6.93. The first kappa shape index (κ1) is 20.0. The summed E-state index contributed by atoms with van der Waals surface area (Å²) in [5.41, 5.74) is 1.02. The van der Waals surface area contributed by atoms with Crippen molar-refractivity contribution in [2.45, 2.75) is 13.8 Å². The van der Waals surface area contributed by atoms with Gasteiger partial charge in [-0.3, -0.25) is 9.59 Å². The molecule has 0 unspecified atom stereocenters. The molecular formula is C20H22N2O5. The average Bonchev–Trinajstić information content (AvgIpc) is 2.67. The molecule has 2 aromatic rings. The number of anilines is 2. The van der Waals surface area contributed by atoms with E-state index < -0.39 is 11.9 Å². The van der Waals surface area contributed by atoms with Crippen LogP contribution < -0.4 is 15.0 Å². The Morgan fingerprint density at radius 2 is 1.70 bits per heavy atom. The van der Waals surface area contributed by atoms with Crippen LogP contribution in [0.5, 0.6) is 5.75 Å². The first-order valence-electron chi connectivity index (χ1n) is 8.45. The molecule has 2 rings (SSSR count). The van der Waals surface area contributed by atoms with Gasteiger partial charge in [-0.05, 0) is 31.2 Å². The molecule has 142 valence electrons. The normalized spacial score (nSPS) is 10.0. The zero-order valence-corrected chi connectivity index (χ0v) is 15.5. The highest BCUT2D eigenvalue weighted by molar-refractivity contribution is 6.06. The van der Waals surface area contributed by atoms with Crippen molar-refractivity contribution < 1.29 is 23.9 Å². The molecule has 0 heterocycles. The Balaban J connectivity index is 2.24. The van der Waals surface area contributed by atoms with Crippen LogP contribution in [0.15, 0.2) is 48.5 Å². The first-order chi connectivity index (χ1) is 13.0. The number of benzene rings is 2. The van der Waals surface area contributed by atoms with Crippen molar-refractivity contribution in [3.63, 3.8) is 0 Å². The van der Waals surface area contributed by atoms with Crippen LogP contribution in [0.25, 0.3) is 0 Å². The van der Waals surface area contributed by atoms with Gasteiger partial charge in [0.1, 0.15) is 12.3 Å². The van der Waals surface area contributed by atoms with Gasteiger partial charge in [-0.2, -0.15) is 0 Å². The Bertz CT molecular complexity index is 835. The van der Waals surface area contributed by atoms with Crippen LogP contribution in [0, 0.1) is 0 Å². The maximum Gasteiger partial charge on any atom is 0.339 e. The molecule has 0 saturated heterocycles. The molecule has 1 N–H and O–H groups in total. The van der Waals surface area contributed by atoms with Gasteiger partial charge in [0.15, 0.2) is 0 Å². The topological polar surface area (TPSA) is 84.9 Å². The van der Waals surface area contributed by atoms with E-state index in [-0.39, 0.29) is 18.0 Å². The Morgan fingerprint density at radius 3 is 2.37 bits per heavy atom. The third-order valence-electron chi connectivity index (χ3n) is 3.74. The van der Waals surface area contributed by atoms with Crippen molar-refractivity contribution in [2.24, 2.45) is 0 Å². The summed E-state index contributed by atoms with van der Waals surface area (Å²) in [4.78, 5) is 37.9. The lowest BCUT2D eigenvalue weighted by atomic mass is 10.1. The SMILES string of the molecule is CCOc1ccccc1NC(=O)CN(C(C)=O)c1ccccc1C(=O)OC. The van der Waals surface area contributed by atoms with Crippen molar-refractivity contribution in [1.82, 2.24) is 0 Å². The smallest absolute Gasteiger partial charge is 0.339 e. The average molecular weight is 370 g/mol. The van der Waals surface area contributed by atoms with Crippen molar-refractivity contribution in [2.75, 3.05) is 30.5 Å². The van der Waals surface area contributed by atoms with Crippen LogP contribution in [0.4, 0.5) is 11.4 Å². The van der Waals surface area contributed by atoms with Gasteiger partial charge in [0.2, 0.25) is 11.8 Å². The molecule has 0 atom stereocenters. The fraction of sp³-hybridized carbons (Fsp3) is 0.250. The third-order valence-corrected chi connectivity index (χ3v) is 3.74. The number of hydrogen-bond donors (Lipinski definition) is 1. The summed E-state index contributed by atoms with van der Waals surface area (Å²) in [7, 11) is 1.26. The molecule has 0 radical (unpaired) electrons. The summed E-state index contributed by atoms with van der Waals surface area (Å²) in [6.45, 7) is 3.37. The van der Waals surface area contributed by atoms with Crippen molar-refractivity contribution in [3.8, 4) is 5.75 Å². The Morgan fingerprint density at radius 1 is 1.04 bits per heavy atom. The van der Waals surface area contributed by atoms with Gasteiger partial charge < -0.3 is 19.7 Å². The molecule has 2 aromatic carbocycles. The van der Waals surface area contributed by atoms with E-state index in [1.165, 1.54) is 18.9 Å². The van der Waals surface area contributed by atoms with Gasteiger partial charge in [0.25, 0.3) is 0 Å². The molecule has 0 aromatic heterocycles. The van der Waals surface area contributed by atoms with Gasteiger partial charge >= 0.3 is 5.97 Å². The van der Waals surface area contributed by atoms with Gasteiger partial charge in [0.05, 0.1) is 30.7 Å². The number of carbonyl (C=O) groups is 3. The highest BCUT2D eigenvalue weighted by atomic mass is 16.5. The number of amides is 2. The molecule has 0 fully saturated rings. The number of nitrogens with zero attached hydrogens (tertiary/aromatic N) is 1. The largest absolute Gasteiger partial charge is 0.492 e. The molecule has 7 heteroatoms. The molecule has 0 spiro atoms. The summed E-state index contributed by atoms with van der Waals surface area (Å²) in [5.74, 6) is -0.840. The zero-order valence-electron chi connectivity index (χ0n) is 15.5. The van der Waals surface area contributed by atoms with Crippen molar-refractivity contribution in [3.05, 3.63) is 54.1 Å². The van der Waals surface area contributed by atoms with E-state index >= 15 is 0 Å². The number of ether oxygens (including phenoxy) is 2. The zero-order chi connectivity index (χ0) is 19.8. The summed E-state index contributed by atoms with van der Waals surface area (Å²) in [6.07, 6.45) is 0. The minimum atomic E-state index is -0.584. The van der Waals surface area contributed by atoms with E-state index in [1.807, 2.05) is 6.92 Å². The van der Waals surface area contributed by atoms with Gasteiger partial charge in [-0.15, -0.1) is 0 Å². The second kappa shape index (κ2) is 9.38. The lowest BCUT2D eigenvalue weighted by Gasteiger charge is -2.23. The Labute approximate surface area is 157 Å². The molecule has 0 aliphatic heterocycles. The van der Waals surface area contributed by atoms with Crippen LogP contribution in [-0.4, -0.2) is 38.0 Å². The van der Waals surface area contributed by atoms with Crippen LogP contribution in [0.3, 0.4) is 0 Å². The number of rotatable bonds is 7. The van der Waals surface area contributed by atoms with E-state index in [1.54, 1.807) is 48.5 Å². The maximum absolute atomic E-state index is 12.5. The number of esters is 1. The van der Waals surface area contributed by atoms with E-state index in [0.717, 1.165) is 0 Å². The van der Waals surface area contributed by atoms with E-state index in [2.05, 4.69) is 5.32 Å². The third kappa shape index (κ3) is 5.07. The lowest BCUT2D eigenvalue weighted by Crippen LogP contribution is -2.37. The molecule has 0 aliphatic carbocycles. The maximum atomic E-state index is 12.5. The summed E-state index contributed by atoms with van der Waals surface area (Å²) in [5, 5.41) is 2.74. The minimum Gasteiger partial charge on any atom is -0.492 e. The highest BCUT2D eigenvalue weighted by Gasteiger charge is 2.22. The predicted molar refractivity (Wildman–Crippen MR) is 102 cm³/mol. The quantitative estimate of drug-likeness (QED) is 0.758. The molecule has 0 saturated carbocycles. The number of carbonyl (C=O) groups excluding carboxylic acids is 3. The molecule has 0 bridgehead atoms. The van der Waals surface area contributed by atoms with Gasteiger partial charge in [0, 0.05) is 6.92 Å². The number of hydrogen-bond acceptors (Lipinski definition) is 5. The highest BCUT2D eigenvalue weighted by Crippen LogP contribution is 2.25. The van der Waals surface area contributed by atoms with Gasteiger partial charge in [-0.1, -0.05) is 24.3 Å². The second-order valence-corrected chi connectivity index (χ2v) is 5.59. The first-order valence-corrected chi connectivity index (χ1v) is 8.45. The standard InChI is InChI=1S/C20H22N2O5/c1-4-27-18-12-8-6-10-16(18)21-19(24)13-22(14(2)23)17-11-7-5-9-15(17)20(25)26-3/h5-12H,4,13H2,1-3H3,(H,21,24). The fourth-order valence-corrected chi connectivity index (χ4v) is 2.54. The molecule has 27 heavy (non-hydrogen) atoms. The van der Waals surface area contributed by atoms with Crippen LogP contribution in [-0.2, 0) is 14.3 Å². The number of methoxy groups -OCH3 is 1. The van der Waals surface area contributed by atoms with E-state index in [9.17, 15) is 14.4 Å². The van der Waals surface area contributed by atoms with E-state index in [0.29, 0.717) is 23.7 Å². The van der Waals surface area contributed by atoms with Crippen LogP contribution in [0.2, 0.25) is 0 Å². The van der Waals surface area contributed by atoms with Crippen LogP contribution in [0.1, 0.15) is 24.2 Å². The molecule has 7 nitrogen and oxygen atoms in total. The van der Waals surface area contributed by atoms with Gasteiger partial charge in [-0.25, -0.2) is 4.79 Å². The lowest BCUT2D eigenvalue weighted by molar-refractivity contribution is -0.120. The Hall–Kier alpha value is -3.35. The van der Waals surface area contributed by atoms with Crippen molar-refractivity contribution in [1.29, 1.82) is 0 Å². The molecular weight excluding hydrogens is 348 g/mol. The monoisotopic (exact) mass is 370 g/mol. The minimum absolute atomic E-state index is 0.206. The van der Waals surface area contributed by atoms with Crippen LogP contribution >= 0.6 is 0 Å².